The summed E-state index contributed by atoms with van der Waals surface area (Å²) in [6, 6.07) is 11.1. The molecule has 0 aliphatic carbocycles. The summed E-state index contributed by atoms with van der Waals surface area (Å²) in [6.45, 7) is 3.80. The Bertz CT molecular complexity index is 948. The highest BCUT2D eigenvalue weighted by Crippen LogP contribution is 2.30. The van der Waals surface area contributed by atoms with E-state index in [-0.39, 0.29) is 0 Å². The fraction of sp³-hybridized carbons (Fsp3) is 0.350. The van der Waals surface area contributed by atoms with Crippen LogP contribution < -0.4 is 14.8 Å². The van der Waals surface area contributed by atoms with Crippen molar-refractivity contribution in [3.8, 4) is 11.5 Å². The molecule has 0 amide bonds. The van der Waals surface area contributed by atoms with Crippen LogP contribution >= 0.6 is 23.2 Å². The molecule has 154 valence electrons. The molecule has 0 aliphatic rings. The second-order valence-electron chi connectivity index (χ2n) is 6.44. The van der Waals surface area contributed by atoms with E-state index in [0.29, 0.717) is 40.6 Å². The second kappa shape index (κ2) is 10.3. The lowest BCUT2D eigenvalue weighted by Gasteiger charge is -2.13. The van der Waals surface area contributed by atoms with Crippen molar-refractivity contribution >= 4 is 29.2 Å². The van der Waals surface area contributed by atoms with Crippen LogP contribution in [-0.2, 0) is 19.7 Å². The Morgan fingerprint density at radius 1 is 1.10 bits per heavy atom. The number of nitrogens with zero attached hydrogens (tertiary/aromatic N) is 4. The van der Waals surface area contributed by atoms with Crippen molar-refractivity contribution in [2.75, 3.05) is 12.4 Å². The van der Waals surface area contributed by atoms with Gasteiger partial charge >= 0.3 is 0 Å². The van der Waals surface area contributed by atoms with Crippen molar-refractivity contribution in [2.45, 2.75) is 39.5 Å². The number of nitrogens with one attached hydrogen (secondary N) is 1. The third-order valence-corrected chi connectivity index (χ3v) is 4.92. The molecule has 0 atom stereocenters. The largest absolute Gasteiger partial charge is 0.493 e. The number of hydrogen-bond donors (Lipinski definition) is 1. The minimum Gasteiger partial charge on any atom is -0.493 e. The summed E-state index contributed by atoms with van der Waals surface area (Å²) in [6.07, 6.45) is 2.11. The highest BCUT2D eigenvalue weighted by atomic mass is 35.5. The molecule has 29 heavy (non-hydrogen) atoms. The summed E-state index contributed by atoms with van der Waals surface area (Å²) in [5, 5.41) is 16.2. The van der Waals surface area contributed by atoms with Crippen molar-refractivity contribution in [1.82, 2.24) is 20.2 Å². The van der Waals surface area contributed by atoms with E-state index in [1.165, 1.54) is 0 Å². The van der Waals surface area contributed by atoms with Gasteiger partial charge in [0.1, 0.15) is 6.61 Å². The molecule has 0 spiro atoms. The van der Waals surface area contributed by atoms with Crippen LogP contribution in [0.2, 0.25) is 10.0 Å². The zero-order valence-electron chi connectivity index (χ0n) is 16.4. The van der Waals surface area contributed by atoms with Gasteiger partial charge in [0.2, 0.25) is 5.95 Å². The molecule has 3 aromatic rings. The summed E-state index contributed by atoms with van der Waals surface area (Å²) < 4.78 is 13.2. The second-order valence-corrected chi connectivity index (χ2v) is 7.29. The lowest BCUT2D eigenvalue weighted by Crippen LogP contribution is -2.09. The molecule has 1 N–H and O–H groups in total. The van der Waals surface area contributed by atoms with Crippen LogP contribution in [0.3, 0.4) is 0 Å². The maximum Gasteiger partial charge on any atom is 0.243 e. The fourth-order valence-corrected chi connectivity index (χ4v) is 3.17. The number of benzene rings is 2. The molecule has 7 nitrogen and oxygen atoms in total. The molecule has 0 radical (unpaired) electrons. The minimum atomic E-state index is 0.316. The maximum absolute atomic E-state index is 6.21. The minimum absolute atomic E-state index is 0.316. The van der Waals surface area contributed by atoms with Crippen LogP contribution in [0.4, 0.5) is 5.95 Å². The van der Waals surface area contributed by atoms with Crippen LogP contribution in [0.5, 0.6) is 11.5 Å². The van der Waals surface area contributed by atoms with E-state index in [2.05, 4.69) is 27.8 Å². The molecule has 0 fully saturated rings. The Morgan fingerprint density at radius 3 is 2.72 bits per heavy atom. The van der Waals surface area contributed by atoms with Gasteiger partial charge in [-0.3, -0.25) is 0 Å². The number of aryl methyl sites for hydroxylation is 1. The first kappa shape index (κ1) is 21.2. The Hall–Kier alpha value is -2.51. The van der Waals surface area contributed by atoms with E-state index >= 15 is 0 Å². The molecule has 1 aromatic heterocycles. The van der Waals surface area contributed by atoms with Gasteiger partial charge in [-0.25, -0.2) is 4.68 Å². The molecule has 1 heterocycles. The number of halogens is 2. The van der Waals surface area contributed by atoms with Gasteiger partial charge in [-0.2, -0.15) is 0 Å². The number of unbranched alkanes of at least 4 members (excludes halogenated alkanes) is 1. The summed E-state index contributed by atoms with van der Waals surface area (Å²) in [5.41, 5.74) is 1.87. The van der Waals surface area contributed by atoms with Gasteiger partial charge in [-0.15, -0.1) is 0 Å². The molecule has 0 saturated heterocycles. The van der Waals surface area contributed by atoms with Gasteiger partial charge in [0.15, 0.2) is 11.5 Å². The molecule has 9 heteroatoms. The smallest absolute Gasteiger partial charge is 0.243 e. The third kappa shape index (κ3) is 5.74. The third-order valence-electron chi connectivity index (χ3n) is 4.33. The average Bonchev–Trinajstić information content (AvgIpc) is 3.17. The first-order valence-electron chi connectivity index (χ1n) is 9.34. The molecular weight excluding hydrogens is 413 g/mol. The average molecular weight is 436 g/mol. The number of methoxy groups -OCH3 is 1. The fourth-order valence-electron chi connectivity index (χ4n) is 2.71. The zero-order chi connectivity index (χ0) is 20.6. The van der Waals surface area contributed by atoms with Crippen LogP contribution in [0.1, 0.15) is 30.9 Å². The Balaban J connectivity index is 1.63. The van der Waals surface area contributed by atoms with Crippen LogP contribution in [0, 0.1) is 0 Å². The van der Waals surface area contributed by atoms with Gasteiger partial charge in [0.25, 0.3) is 0 Å². The highest BCUT2D eigenvalue weighted by Gasteiger charge is 2.10. The van der Waals surface area contributed by atoms with Gasteiger partial charge in [0.05, 0.1) is 7.11 Å². The van der Waals surface area contributed by atoms with E-state index in [4.69, 9.17) is 32.7 Å². The highest BCUT2D eigenvalue weighted by molar-refractivity contribution is 6.35. The van der Waals surface area contributed by atoms with Crippen molar-refractivity contribution < 1.29 is 9.47 Å². The van der Waals surface area contributed by atoms with Crippen molar-refractivity contribution in [3.05, 3.63) is 57.6 Å². The first-order valence-corrected chi connectivity index (χ1v) is 10.1. The Kier molecular flexibility index (Phi) is 7.55. The maximum atomic E-state index is 6.21. The lowest BCUT2D eigenvalue weighted by atomic mass is 10.2. The van der Waals surface area contributed by atoms with Crippen molar-refractivity contribution in [3.63, 3.8) is 0 Å². The van der Waals surface area contributed by atoms with Gasteiger partial charge in [0, 0.05) is 28.7 Å². The molecule has 0 aliphatic heterocycles. The number of hydrogen-bond acceptors (Lipinski definition) is 6. The van der Waals surface area contributed by atoms with E-state index in [1.807, 2.05) is 24.3 Å². The quantitative estimate of drug-likeness (QED) is 0.483. The lowest BCUT2D eigenvalue weighted by molar-refractivity contribution is 0.284. The van der Waals surface area contributed by atoms with Crippen LogP contribution in [-0.4, -0.2) is 27.3 Å². The van der Waals surface area contributed by atoms with E-state index < -0.39 is 0 Å². The van der Waals surface area contributed by atoms with E-state index in [0.717, 1.165) is 30.5 Å². The number of tetrazole rings is 1. The Labute approximate surface area is 179 Å². The van der Waals surface area contributed by atoms with Crippen molar-refractivity contribution in [1.29, 1.82) is 0 Å². The molecule has 0 unspecified atom stereocenters. The monoisotopic (exact) mass is 435 g/mol. The van der Waals surface area contributed by atoms with E-state index in [1.54, 1.807) is 23.9 Å². The SMILES string of the molecule is CCCCn1nnnc1NCc1ccc(OCc2ccc(Cl)cc2Cl)c(OC)c1. The van der Waals surface area contributed by atoms with Gasteiger partial charge in [-0.05, 0) is 46.7 Å². The topological polar surface area (TPSA) is 74.1 Å². The normalized spacial score (nSPS) is 10.8. The van der Waals surface area contributed by atoms with Crippen LogP contribution in [0.15, 0.2) is 36.4 Å². The zero-order valence-corrected chi connectivity index (χ0v) is 17.9. The van der Waals surface area contributed by atoms with Crippen LogP contribution in [0.25, 0.3) is 0 Å². The summed E-state index contributed by atoms with van der Waals surface area (Å²) in [5.74, 6) is 1.92. The molecular formula is C20H23Cl2N5O2. The van der Waals surface area contributed by atoms with Gasteiger partial charge < -0.3 is 14.8 Å². The summed E-state index contributed by atoms with van der Waals surface area (Å²) in [4.78, 5) is 0. The number of ether oxygens (including phenoxy) is 2. The Morgan fingerprint density at radius 2 is 1.97 bits per heavy atom. The van der Waals surface area contributed by atoms with Gasteiger partial charge in [-0.1, -0.05) is 53.8 Å². The predicted octanol–water partition coefficient (Wildman–Crippen LogP) is 4.98. The first-order chi connectivity index (χ1) is 14.1. The number of anilines is 1. The predicted molar refractivity (Wildman–Crippen MR) is 114 cm³/mol. The van der Waals surface area contributed by atoms with Crippen molar-refractivity contribution in [2.24, 2.45) is 0 Å². The molecule has 2 aromatic carbocycles. The molecule has 0 bridgehead atoms. The summed E-state index contributed by atoms with van der Waals surface area (Å²) in [7, 11) is 1.61. The standard InChI is InChI=1S/C20H23Cl2N5O2/c1-3-4-9-27-20(24-25-26-27)23-12-14-5-8-18(19(10-14)28-2)29-13-15-6-7-16(21)11-17(15)22/h5-8,10-11H,3-4,9,12-13H2,1-2H3,(H,23,24,26). The molecule has 0 saturated carbocycles. The summed E-state index contributed by atoms with van der Waals surface area (Å²) >= 11 is 12.1. The van der Waals surface area contributed by atoms with E-state index in [9.17, 15) is 0 Å². The molecule has 3 rings (SSSR count). The number of aromatic nitrogens is 4. The number of rotatable bonds is 10.